The number of thiazole rings is 1. The Labute approximate surface area is 148 Å². The van der Waals surface area contributed by atoms with Crippen LogP contribution in [-0.4, -0.2) is 21.8 Å². The van der Waals surface area contributed by atoms with Gasteiger partial charge in [-0.25, -0.2) is 4.98 Å². The third kappa shape index (κ3) is 5.06. The number of aromatic nitrogens is 1. The van der Waals surface area contributed by atoms with Crippen LogP contribution in [0.2, 0.25) is 0 Å². The molecule has 4 nitrogen and oxygen atoms in total. The molecule has 24 heavy (non-hydrogen) atoms. The zero-order valence-electron chi connectivity index (χ0n) is 15.1. The van der Waals surface area contributed by atoms with E-state index in [0.29, 0.717) is 13.2 Å². The van der Waals surface area contributed by atoms with E-state index >= 15 is 0 Å². The summed E-state index contributed by atoms with van der Waals surface area (Å²) in [4.78, 5) is 18.8. The van der Waals surface area contributed by atoms with Crippen molar-refractivity contribution in [3.63, 3.8) is 0 Å². The Morgan fingerprint density at radius 3 is 2.67 bits per heavy atom. The molecule has 0 saturated heterocycles. The van der Waals surface area contributed by atoms with Crippen molar-refractivity contribution in [3.05, 3.63) is 45.9 Å². The molecule has 0 aliphatic carbocycles. The van der Waals surface area contributed by atoms with Gasteiger partial charge in [0.1, 0.15) is 17.4 Å². The maximum absolute atomic E-state index is 12.3. The molecule has 0 spiro atoms. The first kappa shape index (κ1) is 18.5. The highest BCUT2D eigenvalue weighted by Gasteiger charge is 2.21. The van der Waals surface area contributed by atoms with Crippen molar-refractivity contribution in [1.29, 1.82) is 0 Å². The van der Waals surface area contributed by atoms with Gasteiger partial charge in [0.2, 0.25) is 5.91 Å². The standard InChI is InChI=1S/C19H26N2O2S/c1-13(2)19(22)21(14(3)4)10-16-12-24-18(20-16)11-23-17-8-6-7-15(5)9-17/h6-9,12-14H,10-11H2,1-5H3. The highest BCUT2D eigenvalue weighted by atomic mass is 32.1. The molecule has 1 amide bonds. The number of nitrogens with zero attached hydrogens (tertiary/aromatic N) is 2. The minimum Gasteiger partial charge on any atom is -0.486 e. The van der Waals surface area contributed by atoms with Gasteiger partial charge in [-0.05, 0) is 38.5 Å². The highest BCUT2D eigenvalue weighted by Crippen LogP contribution is 2.18. The van der Waals surface area contributed by atoms with Crippen LogP contribution < -0.4 is 4.74 Å². The lowest BCUT2D eigenvalue weighted by atomic mass is 10.1. The van der Waals surface area contributed by atoms with E-state index in [1.165, 1.54) is 5.56 Å². The molecule has 0 saturated carbocycles. The molecule has 0 radical (unpaired) electrons. The van der Waals surface area contributed by atoms with Gasteiger partial charge in [0, 0.05) is 17.3 Å². The smallest absolute Gasteiger partial charge is 0.225 e. The number of benzene rings is 1. The van der Waals surface area contributed by atoms with Crippen molar-refractivity contribution in [3.8, 4) is 5.75 Å². The summed E-state index contributed by atoms with van der Waals surface area (Å²) in [5, 5.41) is 2.94. The van der Waals surface area contributed by atoms with Crippen molar-refractivity contribution in [2.24, 2.45) is 5.92 Å². The zero-order valence-corrected chi connectivity index (χ0v) is 15.9. The molecule has 0 atom stereocenters. The molecule has 0 aliphatic rings. The van der Waals surface area contributed by atoms with Crippen LogP contribution in [0.5, 0.6) is 5.75 Å². The lowest BCUT2D eigenvalue weighted by molar-refractivity contribution is -0.136. The number of aryl methyl sites for hydroxylation is 1. The van der Waals surface area contributed by atoms with Crippen LogP contribution in [0, 0.1) is 12.8 Å². The van der Waals surface area contributed by atoms with Gasteiger partial charge in [0.25, 0.3) is 0 Å². The SMILES string of the molecule is Cc1cccc(OCc2nc(CN(C(=O)C(C)C)C(C)C)cs2)c1. The second kappa shape index (κ2) is 8.29. The number of rotatable bonds is 7. The largest absolute Gasteiger partial charge is 0.486 e. The maximum Gasteiger partial charge on any atom is 0.225 e. The Morgan fingerprint density at radius 1 is 1.29 bits per heavy atom. The van der Waals surface area contributed by atoms with E-state index in [4.69, 9.17) is 4.74 Å². The summed E-state index contributed by atoms with van der Waals surface area (Å²) in [6.07, 6.45) is 0. The topological polar surface area (TPSA) is 42.4 Å². The van der Waals surface area contributed by atoms with Crippen molar-refractivity contribution in [2.75, 3.05) is 0 Å². The number of ether oxygens (including phenoxy) is 1. The van der Waals surface area contributed by atoms with Gasteiger partial charge in [-0.15, -0.1) is 11.3 Å². The molecule has 5 heteroatoms. The second-order valence-corrected chi connectivity index (χ2v) is 7.50. The molecular formula is C19H26N2O2S. The fourth-order valence-electron chi connectivity index (χ4n) is 2.36. The van der Waals surface area contributed by atoms with Crippen molar-refractivity contribution < 1.29 is 9.53 Å². The van der Waals surface area contributed by atoms with Gasteiger partial charge >= 0.3 is 0 Å². The van der Waals surface area contributed by atoms with Crippen molar-refractivity contribution in [2.45, 2.75) is 53.8 Å². The molecule has 0 unspecified atom stereocenters. The number of amides is 1. The third-order valence-electron chi connectivity index (χ3n) is 3.68. The first-order valence-electron chi connectivity index (χ1n) is 8.30. The molecule has 130 valence electrons. The van der Waals surface area contributed by atoms with Crippen LogP contribution in [0.1, 0.15) is 44.0 Å². The van der Waals surface area contributed by atoms with E-state index in [2.05, 4.69) is 4.98 Å². The zero-order chi connectivity index (χ0) is 17.7. The summed E-state index contributed by atoms with van der Waals surface area (Å²) in [6, 6.07) is 8.14. The predicted octanol–water partition coefficient (Wildman–Crippen LogP) is 4.42. The van der Waals surface area contributed by atoms with Crippen molar-refractivity contribution in [1.82, 2.24) is 9.88 Å². The molecule has 2 aromatic rings. The van der Waals surface area contributed by atoms with E-state index in [0.717, 1.165) is 16.5 Å². The normalized spacial score (nSPS) is 11.1. The van der Waals surface area contributed by atoms with Gasteiger partial charge in [-0.2, -0.15) is 0 Å². The van der Waals surface area contributed by atoms with Gasteiger partial charge in [-0.1, -0.05) is 26.0 Å². The Balaban J connectivity index is 1.98. The molecule has 0 aliphatic heterocycles. The first-order valence-corrected chi connectivity index (χ1v) is 9.18. The number of hydrogen-bond acceptors (Lipinski definition) is 4. The molecule has 1 aromatic heterocycles. The van der Waals surface area contributed by atoms with E-state index in [1.807, 2.05) is 69.2 Å². The summed E-state index contributed by atoms with van der Waals surface area (Å²) in [7, 11) is 0. The number of hydrogen-bond donors (Lipinski definition) is 0. The van der Waals surface area contributed by atoms with E-state index in [9.17, 15) is 4.79 Å². The summed E-state index contributed by atoms with van der Waals surface area (Å²) >= 11 is 1.57. The number of carbonyl (C=O) groups excluding carboxylic acids is 1. The summed E-state index contributed by atoms with van der Waals surface area (Å²) in [5.41, 5.74) is 2.10. The average molecular weight is 346 g/mol. The van der Waals surface area contributed by atoms with Crippen molar-refractivity contribution >= 4 is 17.2 Å². The molecule has 1 heterocycles. The Morgan fingerprint density at radius 2 is 2.04 bits per heavy atom. The average Bonchev–Trinajstić information content (AvgIpc) is 2.97. The predicted molar refractivity (Wildman–Crippen MR) is 98.1 cm³/mol. The van der Waals surface area contributed by atoms with Gasteiger partial charge in [-0.3, -0.25) is 4.79 Å². The summed E-state index contributed by atoms with van der Waals surface area (Å²) < 4.78 is 5.79. The van der Waals surface area contributed by atoms with Crippen LogP contribution in [0.25, 0.3) is 0 Å². The van der Waals surface area contributed by atoms with Gasteiger partial charge in [0.15, 0.2) is 0 Å². The Hall–Kier alpha value is -1.88. The van der Waals surface area contributed by atoms with E-state index < -0.39 is 0 Å². The first-order chi connectivity index (χ1) is 11.4. The van der Waals surface area contributed by atoms with Gasteiger partial charge in [0.05, 0.1) is 12.2 Å². The second-order valence-electron chi connectivity index (χ2n) is 6.55. The van der Waals surface area contributed by atoms with E-state index in [1.54, 1.807) is 11.3 Å². The Bertz CT molecular complexity index is 680. The van der Waals surface area contributed by atoms with Gasteiger partial charge < -0.3 is 9.64 Å². The minimum atomic E-state index is -0.00448. The fourth-order valence-corrected chi connectivity index (χ4v) is 3.06. The molecule has 0 fully saturated rings. The maximum atomic E-state index is 12.3. The lowest BCUT2D eigenvalue weighted by Crippen LogP contribution is -2.39. The summed E-state index contributed by atoms with van der Waals surface area (Å²) in [5.74, 6) is 1.01. The van der Waals surface area contributed by atoms with Crippen LogP contribution in [0.3, 0.4) is 0 Å². The molecule has 1 aromatic carbocycles. The van der Waals surface area contributed by atoms with Crippen LogP contribution in [0.4, 0.5) is 0 Å². The molecule has 2 rings (SSSR count). The summed E-state index contributed by atoms with van der Waals surface area (Å²) in [6.45, 7) is 11.0. The number of carbonyl (C=O) groups is 1. The highest BCUT2D eigenvalue weighted by molar-refractivity contribution is 7.09. The quantitative estimate of drug-likeness (QED) is 0.745. The van der Waals surface area contributed by atoms with Crippen LogP contribution in [-0.2, 0) is 17.9 Å². The molecule has 0 N–H and O–H groups in total. The fraction of sp³-hybridized carbons (Fsp3) is 0.474. The minimum absolute atomic E-state index is 0.00448. The van der Waals surface area contributed by atoms with Crippen LogP contribution >= 0.6 is 11.3 Å². The Kier molecular flexibility index (Phi) is 6.37. The lowest BCUT2D eigenvalue weighted by Gasteiger charge is -2.27. The van der Waals surface area contributed by atoms with Crippen LogP contribution in [0.15, 0.2) is 29.6 Å². The monoisotopic (exact) mass is 346 g/mol. The molecular weight excluding hydrogens is 320 g/mol. The third-order valence-corrected chi connectivity index (χ3v) is 4.55. The molecule has 0 bridgehead atoms. The van der Waals surface area contributed by atoms with E-state index in [-0.39, 0.29) is 17.9 Å².